The van der Waals surface area contributed by atoms with Crippen LogP contribution >= 0.6 is 27.3 Å². The fourth-order valence-corrected chi connectivity index (χ4v) is 3.53. The van der Waals surface area contributed by atoms with Gasteiger partial charge in [0.05, 0.1) is 27.6 Å². The van der Waals surface area contributed by atoms with Crippen molar-refractivity contribution >= 4 is 33.4 Å². The number of carbonyl (C=O) groups excluding carboxylic acids is 1. The van der Waals surface area contributed by atoms with E-state index in [1.807, 2.05) is 20.8 Å². The van der Waals surface area contributed by atoms with Gasteiger partial charge in [-0.25, -0.2) is 9.78 Å². The van der Waals surface area contributed by atoms with Gasteiger partial charge < -0.3 is 14.7 Å². The zero-order valence-corrected chi connectivity index (χ0v) is 14.2. The van der Waals surface area contributed by atoms with E-state index in [4.69, 9.17) is 4.74 Å². The molecule has 2 rings (SSSR count). The van der Waals surface area contributed by atoms with E-state index in [1.54, 1.807) is 22.4 Å². The van der Waals surface area contributed by atoms with E-state index in [1.165, 1.54) is 0 Å². The number of halogens is 1. The molecule has 1 amide bonds. The van der Waals surface area contributed by atoms with Gasteiger partial charge in [0, 0.05) is 18.9 Å². The molecule has 0 unspecified atom stereocenters. The molecule has 1 aromatic rings. The number of nitrogens with zero attached hydrogens (tertiary/aromatic N) is 2. The Balaban J connectivity index is 1.93. The average Bonchev–Trinajstić information content (AvgIpc) is 2.85. The van der Waals surface area contributed by atoms with Gasteiger partial charge in [-0.05, 0) is 36.7 Å². The predicted molar refractivity (Wildman–Crippen MR) is 80.8 cm³/mol. The average molecular weight is 363 g/mol. The summed E-state index contributed by atoms with van der Waals surface area (Å²) in [7, 11) is 0. The Morgan fingerprint density at radius 1 is 1.60 bits per heavy atom. The second kappa shape index (κ2) is 5.99. The summed E-state index contributed by atoms with van der Waals surface area (Å²) in [6.45, 7) is 6.34. The first kappa shape index (κ1) is 15.7. The number of aliphatic hydroxyl groups excluding tert-OH is 1. The van der Waals surface area contributed by atoms with Crippen molar-refractivity contribution in [3.63, 3.8) is 0 Å². The highest BCUT2D eigenvalue weighted by Gasteiger charge is 2.36. The third-order valence-electron chi connectivity index (χ3n) is 3.02. The van der Waals surface area contributed by atoms with E-state index < -0.39 is 11.7 Å². The van der Waals surface area contributed by atoms with Crippen LogP contribution in [0.15, 0.2) is 9.98 Å². The van der Waals surface area contributed by atoms with Crippen molar-refractivity contribution in [3.05, 3.63) is 15.0 Å². The van der Waals surface area contributed by atoms with Crippen LogP contribution in [0.1, 0.15) is 25.8 Å². The Morgan fingerprint density at radius 2 is 2.30 bits per heavy atom. The molecular weight excluding hydrogens is 344 g/mol. The molecule has 1 aliphatic rings. The quantitative estimate of drug-likeness (QED) is 0.878. The summed E-state index contributed by atoms with van der Waals surface area (Å²) in [4.78, 5) is 17.8. The van der Waals surface area contributed by atoms with Crippen molar-refractivity contribution in [2.75, 3.05) is 13.1 Å². The monoisotopic (exact) mass is 362 g/mol. The minimum atomic E-state index is -0.523. The Bertz CT molecular complexity index is 486. The number of likely N-dealkylation sites (tertiary alicyclic amines) is 1. The van der Waals surface area contributed by atoms with Crippen LogP contribution in [0.4, 0.5) is 4.79 Å². The van der Waals surface area contributed by atoms with Crippen LogP contribution in [0.25, 0.3) is 0 Å². The molecule has 1 aromatic heterocycles. The van der Waals surface area contributed by atoms with E-state index in [2.05, 4.69) is 20.9 Å². The lowest BCUT2D eigenvalue weighted by atomic mass is 10.0. The predicted octanol–water partition coefficient (Wildman–Crippen LogP) is 2.68. The van der Waals surface area contributed by atoms with E-state index in [-0.39, 0.29) is 12.0 Å². The molecule has 1 saturated heterocycles. The molecule has 7 heteroatoms. The van der Waals surface area contributed by atoms with E-state index >= 15 is 0 Å². The smallest absolute Gasteiger partial charge is 0.410 e. The maximum Gasteiger partial charge on any atom is 0.410 e. The van der Waals surface area contributed by atoms with Gasteiger partial charge in [0.15, 0.2) is 0 Å². The van der Waals surface area contributed by atoms with Crippen molar-refractivity contribution in [1.82, 2.24) is 9.88 Å². The zero-order valence-electron chi connectivity index (χ0n) is 11.8. The normalized spacial score (nSPS) is 23.1. The van der Waals surface area contributed by atoms with Crippen molar-refractivity contribution in [1.29, 1.82) is 0 Å². The Labute approximate surface area is 131 Å². The summed E-state index contributed by atoms with van der Waals surface area (Å²) in [5.41, 5.74) is -0.514. The largest absolute Gasteiger partial charge is 0.444 e. The molecule has 0 saturated carbocycles. The Kier molecular flexibility index (Phi) is 4.71. The van der Waals surface area contributed by atoms with Gasteiger partial charge in [-0.1, -0.05) is 0 Å². The van der Waals surface area contributed by atoms with Gasteiger partial charge in [0.2, 0.25) is 0 Å². The summed E-state index contributed by atoms with van der Waals surface area (Å²) in [5.74, 6) is 0.0144. The minimum Gasteiger partial charge on any atom is -0.444 e. The highest BCUT2D eigenvalue weighted by molar-refractivity contribution is 9.11. The molecule has 112 valence electrons. The number of β-amino-alcohol motifs (C(OH)–C–C–N with tert-alkyl or cyclic N) is 1. The molecule has 1 N–H and O–H groups in total. The number of rotatable bonds is 2. The second-order valence-corrected chi connectivity index (χ2v) is 8.47. The van der Waals surface area contributed by atoms with E-state index in [0.29, 0.717) is 19.5 Å². The molecule has 2 atom stereocenters. The van der Waals surface area contributed by atoms with Crippen LogP contribution in [-0.2, 0) is 11.2 Å². The SMILES string of the molecule is CC(C)(C)OC(=O)N1C[C@@H](Cc2ncc(Br)s2)[C@H](O)C1. The van der Waals surface area contributed by atoms with Crippen LogP contribution in [-0.4, -0.2) is 45.9 Å². The van der Waals surface area contributed by atoms with Crippen molar-refractivity contribution in [2.45, 2.75) is 38.9 Å². The molecule has 5 nitrogen and oxygen atoms in total. The van der Waals surface area contributed by atoms with Crippen molar-refractivity contribution < 1.29 is 14.6 Å². The van der Waals surface area contributed by atoms with E-state index in [0.717, 1.165) is 8.79 Å². The van der Waals surface area contributed by atoms with Gasteiger partial charge in [-0.3, -0.25) is 0 Å². The van der Waals surface area contributed by atoms with Gasteiger partial charge >= 0.3 is 6.09 Å². The lowest BCUT2D eigenvalue weighted by molar-refractivity contribution is 0.0270. The Hall–Kier alpha value is -0.660. The molecule has 0 bridgehead atoms. The topological polar surface area (TPSA) is 62.7 Å². The molecule has 0 aliphatic carbocycles. The lowest BCUT2D eigenvalue weighted by Gasteiger charge is -2.24. The van der Waals surface area contributed by atoms with E-state index in [9.17, 15) is 9.90 Å². The second-order valence-electron chi connectivity index (χ2n) is 5.97. The number of aliphatic hydroxyl groups is 1. The first-order chi connectivity index (χ1) is 9.24. The van der Waals surface area contributed by atoms with Crippen LogP contribution in [0.3, 0.4) is 0 Å². The number of thiazole rings is 1. The van der Waals surface area contributed by atoms with Crippen LogP contribution in [0.2, 0.25) is 0 Å². The fraction of sp³-hybridized carbons (Fsp3) is 0.692. The molecule has 0 radical (unpaired) electrons. The number of hydrogen-bond acceptors (Lipinski definition) is 5. The molecule has 1 fully saturated rings. The summed E-state index contributed by atoms with van der Waals surface area (Å²) in [6, 6.07) is 0. The summed E-state index contributed by atoms with van der Waals surface area (Å²) in [5, 5.41) is 11.1. The maximum absolute atomic E-state index is 12.0. The number of carbonyl (C=O) groups is 1. The zero-order chi connectivity index (χ0) is 14.9. The third-order valence-corrected chi connectivity index (χ3v) is 4.52. The standard InChI is InChI=1S/C13H19BrN2O3S/c1-13(2,3)19-12(18)16-6-8(9(17)7-16)4-11-15-5-10(14)20-11/h5,8-9,17H,4,6-7H2,1-3H3/t8-,9-/m1/s1. The van der Waals surface area contributed by atoms with Crippen LogP contribution < -0.4 is 0 Å². The molecule has 0 spiro atoms. The van der Waals surface area contributed by atoms with Crippen molar-refractivity contribution in [2.24, 2.45) is 5.92 Å². The maximum atomic E-state index is 12.0. The number of hydrogen-bond donors (Lipinski definition) is 1. The van der Waals surface area contributed by atoms with Crippen LogP contribution in [0, 0.1) is 5.92 Å². The fourth-order valence-electron chi connectivity index (χ4n) is 2.14. The first-order valence-electron chi connectivity index (χ1n) is 6.51. The molecular formula is C13H19BrN2O3S. The minimum absolute atomic E-state index is 0.0144. The number of aromatic nitrogens is 1. The highest BCUT2D eigenvalue weighted by atomic mass is 79.9. The number of amides is 1. The summed E-state index contributed by atoms with van der Waals surface area (Å²) >= 11 is 4.93. The van der Waals surface area contributed by atoms with Crippen LogP contribution in [0.5, 0.6) is 0 Å². The molecule has 0 aromatic carbocycles. The molecule has 20 heavy (non-hydrogen) atoms. The van der Waals surface area contributed by atoms with Gasteiger partial charge in [0.1, 0.15) is 5.60 Å². The lowest BCUT2D eigenvalue weighted by Crippen LogP contribution is -2.35. The van der Waals surface area contributed by atoms with Gasteiger partial charge in [-0.2, -0.15) is 0 Å². The third kappa shape index (κ3) is 4.17. The highest BCUT2D eigenvalue weighted by Crippen LogP contribution is 2.27. The Morgan fingerprint density at radius 3 is 2.85 bits per heavy atom. The van der Waals surface area contributed by atoms with Gasteiger partial charge in [-0.15, -0.1) is 11.3 Å². The van der Waals surface area contributed by atoms with Crippen molar-refractivity contribution in [3.8, 4) is 0 Å². The van der Waals surface area contributed by atoms with Gasteiger partial charge in [0.25, 0.3) is 0 Å². The molecule has 2 heterocycles. The summed E-state index contributed by atoms with van der Waals surface area (Å²) in [6.07, 6.45) is 1.55. The molecule has 1 aliphatic heterocycles. The first-order valence-corrected chi connectivity index (χ1v) is 8.12. The summed E-state index contributed by atoms with van der Waals surface area (Å²) < 4.78 is 6.30. The number of ether oxygens (including phenoxy) is 1.